The van der Waals surface area contributed by atoms with E-state index in [1.54, 1.807) is 14.2 Å². The van der Waals surface area contributed by atoms with Crippen LogP contribution in [0.3, 0.4) is 0 Å². The van der Waals surface area contributed by atoms with E-state index in [2.05, 4.69) is 73.0 Å². The molecule has 0 saturated heterocycles. The molecule has 0 N–H and O–H groups in total. The van der Waals surface area contributed by atoms with E-state index >= 15 is 0 Å². The molecular formula is C23H22ClNO6. The number of methoxy groups -OCH3 is 2. The number of pyridine rings is 1. The Balaban J connectivity index is 0.000000491. The Labute approximate surface area is 182 Å². The van der Waals surface area contributed by atoms with Crippen LogP contribution in [0.1, 0.15) is 11.4 Å². The summed E-state index contributed by atoms with van der Waals surface area (Å²) in [5.41, 5.74) is 3.50. The van der Waals surface area contributed by atoms with Gasteiger partial charge in [-0.25, -0.2) is 18.6 Å². The van der Waals surface area contributed by atoms with Gasteiger partial charge in [0.15, 0.2) is 11.4 Å². The minimum absolute atomic E-state index is 0.802. The topological polar surface area (TPSA) is 115 Å². The molecule has 0 radical (unpaired) electrons. The lowest BCUT2D eigenvalue weighted by atomic mass is 10.0. The second kappa shape index (κ2) is 9.05. The maximum atomic E-state index is 8.49. The molecule has 0 saturated carbocycles. The van der Waals surface area contributed by atoms with E-state index < -0.39 is 10.2 Å². The van der Waals surface area contributed by atoms with Gasteiger partial charge in [-0.1, -0.05) is 30.3 Å². The van der Waals surface area contributed by atoms with Gasteiger partial charge >= 0.3 is 0 Å². The van der Waals surface area contributed by atoms with Crippen LogP contribution in [0.4, 0.5) is 0 Å². The lowest BCUT2D eigenvalue weighted by molar-refractivity contribution is -2.00. The molecule has 1 aromatic heterocycles. The van der Waals surface area contributed by atoms with Crippen LogP contribution in [-0.2, 0) is 0 Å². The monoisotopic (exact) mass is 443 g/mol. The van der Waals surface area contributed by atoms with E-state index in [1.807, 2.05) is 6.07 Å². The van der Waals surface area contributed by atoms with Crippen molar-refractivity contribution in [3.05, 3.63) is 72.1 Å². The van der Waals surface area contributed by atoms with Crippen LogP contribution >= 0.6 is 0 Å². The minimum atomic E-state index is -4.94. The number of aromatic nitrogens is 1. The van der Waals surface area contributed by atoms with E-state index in [1.165, 1.54) is 22.2 Å². The average Bonchev–Trinajstić information content (AvgIpc) is 2.71. The van der Waals surface area contributed by atoms with Gasteiger partial charge in [0.25, 0.3) is 0 Å². The number of halogens is 1. The lowest BCUT2D eigenvalue weighted by Crippen LogP contribution is -2.68. The molecule has 7 nitrogen and oxygen atoms in total. The summed E-state index contributed by atoms with van der Waals surface area (Å²) in [6.45, 7) is 4.28. The predicted molar refractivity (Wildman–Crippen MR) is 106 cm³/mol. The van der Waals surface area contributed by atoms with Gasteiger partial charge in [-0.3, -0.25) is 0 Å². The third-order valence-electron chi connectivity index (χ3n) is 4.98. The standard InChI is InChI=1S/C23H22NO2.ClHO4/c1-15-12-18-13-19(25-3)14-22(26-4)23(18)16(2)24(15)21-11-7-9-17-8-5-6-10-20(17)21;2-1(3,4)5/h5-14H,1-4H3;(H,2,3,4,5)/q+1;/p-1. The second-order valence-electron chi connectivity index (χ2n) is 6.88. The molecule has 8 heteroatoms. The fourth-order valence-corrected chi connectivity index (χ4v) is 3.83. The summed E-state index contributed by atoms with van der Waals surface area (Å²) in [4.78, 5) is 0. The van der Waals surface area contributed by atoms with E-state index in [4.69, 9.17) is 28.1 Å². The van der Waals surface area contributed by atoms with Crippen molar-refractivity contribution in [1.82, 2.24) is 0 Å². The first kappa shape index (κ1) is 22.7. The summed E-state index contributed by atoms with van der Waals surface area (Å²) >= 11 is 0. The number of rotatable bonds is 3. The molecular weight excluding hydrogens is 422 g/mol. The molecule has 4 rings (SSSR count). The Hall–Kier alpha value is -2.94. The second-order valence-corrected chi connectivity index (χ2v) is 7.63. The Morgan fingerprint density at radius 2 is 1.42 bits per heavy atom. The molecule has 0 aliphatic carbocycles. The van der Waals surface area contributed by atoms with Gasteiger partial charge in [-0.2, -0.15) is 4.57 Å². The highest BCUT2D eigenvalue weighted by atomic mass is 35.7. The zero-order valence-corrected chi connectivity index (χ0v) is 18.3. The fourth-order valence-electron chi connectivity index (χ4n) is 3.83. The first-order chi connectivity index (χ1) is 14.6. The number of hydrogen-bond donors (Lipinski definition) is 0. The molecule has 1 heterocycles. The molecule has 0 amide bonds. The highest BCUT2D eigenvalue weighted by Crippen LogP contribution is 2.33. The van der Waals surface area contributed by atoms with E-state index in [9.17, 15) is 0 Å². The number of nitrogens with zero attached hydrogens (tertiary/aromatic N) is 1. The minimum Gasteiger partial charge on any atom is -0.497 e. The van der Waals surface area contributed by atoms with Gasteiger partial charge in [-0.15, -0.1) is 10.2 Å². The summed E-state index contributed by atoms with van der Waals surface area (Å²) in [6.07, 6.45) is 0. The Morgan fingerprint density at radius 3 is 2.06 bits per heavy atom. The van der Waals surface area contributed by atoms with Crippen molar-refractivity contribution in [3.8, 4) is 17.2 Å². The summed E-state index contributed by atoms with van der Waals surface area (Å²) in [7, 11) is -1.56. The molecule has 0 fully saturated rings. The zero-order chi connectivity index (χ0) is 22.8. The van der Waals surface area contributed by atoms with Crippen molar-refractivity contribution >= 4 is 21.5 Å². The van der Waals surface area contributed by atoms with Crippen LogP contribution in [0.25, 0.3) is 27.2 Å². The van der Waals surface area contributed by atoms with Gasteiger partial charge in [0, 0.05) is 37.4 Å². The Bertz CT molecular complexity index is 1230. The Morgan fingerprint density at radius 1 is 0.774 bits per heavy atom. The molecule has 162 valence electrons. The van der Waals surface area contributed by atoms with Crippen LogP contribution < -0.4 is 32.7 Å². The average molecular weight is 444 g/mol. The van der Waals surface area contributed by atoms with E-state index in [0.29, 0.717) is 0 Å². The van der Waals surface area contributed by atoms with E-state index in [-0.39, 0.29) is 0 Å². The molecule has 0 atom stereocenters. The van der Waals surface area contributed by atoms with Crippen LogP contribution in [-0.4, -0.2) is 14.2 Å². The number of hydrogen-bond acceptors (Lipinski definition) is 6. The number of ether oxygens (including phenoxy) is 2. The van der Waals surface area contributed by atoms with Crippen LogP contribution in [0.5, 0.6) is 11.5 Å². The largest absolute Gasteiger partial charge is 0.497 e. The van der Waals surface area contributed by atoms with Crippen molar-refractivity contribution < 1.29 is 42.9 Å². The van der Waals surface area contributed by atoms with Crippen molar-refractivity contribution in [3.63, 3.8) is 0 Å². The Kier molecular flexibility index (Phi) is 6.64. The molecule has 0 aliphatic heterocycles. The molecule has 0 spiro atoms. The molecule has 0 aliphatic rings. The quantitative estimate of drug-likeness (QED) is 0.416. The van der Waals surface area contributed by atoms with Gasteiger partial charge < -0.3 is 9.47 Å². The molecule has 31 heavy (non-hydrogen) atoms. The smallest absolute Gasteiger partial charge is 0.218 e. The van der Waals surface area contributed by atoms with Crippen LogP contribution in [0, 0.1) is 24.1 Å². The molecule has 0 bridgehead atoms. The number of fused-ring (bicyclic) bond motifs is 2. The van der Waals surface area contributed by atoms with Crippen LogP contribution in [0.2, 0.25) is 0 Å². The summed E-state index contributed by atoms with van der Waals surface area (Å²) < 4.78 is 47.4. The maximum Gasteiger partial charge on any atom is 0.218 e. The summed E-state index contributed by atoms with van der Waals surface area (Å²) in [5, 5.41) is 4.69. The van der Waals surface area contributed by atoms with Gasteiger partial charge in [-0.05, 0) is 17.5 Å². The first-order valence-electron chi connectivity index (χ1n) is 9.32. The van der Waals surface area contributed by atoms with E-state index in [0.717, 1.165) is 28.0 Å². The SMILES string of the molecule is COc1cc(OC)c2c(C)[n+](-c3cccc4ccccc34)c(C)cc2c1.[O-][Cl+3]([O-])([O-])[O-]. The molecule has 0 unspecified atom stereocenters. The van der Waals surface area contributed by atoms with Crippen molar-refractivity contribution in [2.24, 2.45) is 0 Å². The summed E-state index contributed by atoms with van der Waals surface area (Å²) in [6, 6.07) is 21.1. The molecule has 4 aromatic rings. The van der Waals surface area contributed by atoms with Gasteiger partial charge in [0.1, 0.15) is 11.5 Å². The predicted octanol–water partition coefficient (Wildman–Crippen LogP) is 0.148. The van der Waals surface area contributed by atoms with Crippen molar-refractivity contribution in [1.29, 1.82) is 0 Å². The highest BCUT2D eigenvalue weighted by Gasteiger charge is 2.23. The van der Waals surface area contributed by atoms with Gasteiger partial charge in [0.05, 0.1) is 25.0 Å². The van der Waals surface area contributed by atoms with Crippen molar-refractivity contribution in [2.45, 2.75) is 13.8 Å². The third-order valence-corrected chi connectivity index (χ3v) is 4.98. The lowest BCUT2D eigenvalue weighted by Gasteiger charge is -2.17. The molecule has 3 aromatic carbocycles. The van der Waals surface area contributed by atoms with Crippen LogP contribution in [0.15, 0.2) is 60.7 Å². The van der Waals surface area contributed by atoms with Crippen molar-refractivity contribution in [2.75, 3.05) is 14.2 Å². The number of aryl methyl sites for hydroxylation is 2. The normalized spacial score (nSPS) is 11.2. The fraction of sp³-hybridized carbons (Fsp3) is 0.174. The summed E-state index contributed by atoms with van der Waals surface area (Å²) in [5.74, 6) is 1.63. The highest BCUT2D eigenvalue weighted by molar-refractivity contribution is 5.92. The first-order valence-corrected chi connectivity index (χ1v) is 10.6. The zero-order valence-electron chi connectivity index (χ0n) is 17.5. The third kappa shape index (κ3) is 5.04. The van der Waals surface area contributed by atoms with Gasteiger partial charge in [0.2, 0.25) is 5.69 Å². The maximum absolute atomic E-state index is 8.49. The number of benzene rings is 3.